The molecule has 0 heterocycles. The summed E-state index contributed by atoms with van der Waals surface area (Å²) >= 11 is 0. The molecule has 5 aliphatic rings. The van der Waals surface area contributed by atoms with Gasteiger partial charge in [-0.3, -0.25) is 9.59 Å². The Morgan fingerprint density at radius 2 is 1.63 bits per heavy atom. The first-order valence-electron chi connectivity index (χ1n) is 14.3. The van der Waals surface area contributed by atoms with Gasteiger partial charge in [-0.2, -0.15) is 0 Å². The number of ketones is 1. The van der Waals surface area contributed by atoms with Crippen molar-refractivity contribution in [3.8, 4) is 0 Å². The molecule has 4 fully saturated rings. The quantitative estimate of drug-likeness (QED) is 0.501. The van der Waals surface area contributed by atoms with Gasteiger partial charge in [0.2, 0.25) is 5.91 Å². The molecule has 9 atom stereocenters. The van der Waals surface area contributed by atoms with Gasteiger partial charge in [0.25, 0.3) is 0 Å². The number of aliphatic hydroxyl groups excluding tert-OH is 1. The van der Waals surface area contributed by atoms with Crippen LogP contribution >= 0.6 is 0 Å². The average molecular weight is 484 g/mol. The molecule has 5 rings (SSSR count). The highest BCUT2D eigenvalue weighted by atomic mass is 16.3. The molecule has 0 saturated heterocycles. The average Bonchev–Trinajstić information content (AvgIpc) is 2.76. The largest absolute Gasteiger partial charge is 0.396 e. The lowest BCUT2D eigenvalue weighted by Crippen LogP contribution is -2.66. The Morgan fingerprint density at radius 1 is 0.971 bits per heavy atom. The lowest BCUT2D eigenvalue weighted by Gasteiger charge is -2.70. The molecule has 4 saturated carbocycles. The number of carbonyl (C=O) groups is 2. The number of hydrogen-bond acceptors (Lipinski definition) is 3. The Morgan fingerprint density at radius 3 is 2.26 bits per heavy atom. The van der Waals surface area contributed by atoms with E-state index in [0.29, 0.717) is 17.6 Å². The highest BCUT2D eigenvalue weighted by Gasteiger charge is 2.70. The molecule has 4 heteroatoms. The van der Waals surface area contributed by atoms with E-state index in [0.717, 1.165) is 57.8 Å². The van der Waals surface area contributed by atoms with Crippen LogP contribution in [0.1, 0.15) is 106 Å². The van der Waals surface area contributed by atoms with E-state index < -0.39 is 5.41 Å². The summed E-state index contributed by atoms with van der Waals surface area (Å²) in [5.74, 6) is 1.19. The van der Waals surface area contributed by atoms with Crippen molar-refractivity contribution in [2.75, 3.05) is 6.61 Å². The Kier molecular flexibility index (Phi) is 5.43. The van der Waals surface area contributed by atoms with E-state index in [-0.39, 0.29) is 51.4 Å². The minimum absolute atomic E-state index is 0.0249. The van der Waals surface area contributed by atoms with E-state index in [9.17, 15) is 14.7 Å². The number of aliphatic hydroxyl groups is 1. The highest BCUT2D eigenvalue weighted by molar-refractivity contribution is 5.95. The number of fused-ring (bicyclic) bond motifs is 7. The first-order chi connectivity index (χ1) is 16.1. The van der Waals surface area contributed by atoms with E-state index in [4.69, 9.17) is 5.73 Å². The van der Waals surface area contributed by atoms with Crippen LogP contribution in [0.15, 0.2) is 11.6 Å². The fourth-order valence-electron chi connectivity index (χ4n) is 10.8. The molecule has 0 bridgehead atoms. The van der Waals surface area contributed by atoms with Gasteiger partial charge in [0.1, 0.15) is 0 Å². The van der Waals surface area contributed by atoms with E-state index >= 15 is 0 Å². The zero-order chi connectivity index (χ0) is 25.8. The second kappa shape index (κ2) is 7.45. The zero-order valence-corrected chi connectivity index (χ0v) is 23.3. The van der Waals surface area contributed by atoms with Gasteiger partial charge in [-0.05, 0) is 109 Å². The maximum Gasteiger partial charge on any atom is 0.223 e. The van der Waals surface area contributed by atoms with Crippen molar-refractivity contribution in [1.82, 2.24) is 0 Å². The monoisotopic (exact) mass is 483 g/mol. The summed E-state index contributed by atoms with van der Waals surface area (Å²) in [6, 6.07) is 0. The van der Waals surface area contributed by atoms with E-state index in [1.807, 2.05) is 6.92 Å². The summed E-state index contributed by atoms with van der Waals surface area (Å²) in [5, 5.41) is 10.1. The summed E-state index contributed by atoms with van der Waals surface area (Å²) in [5.41, 5.74) is 6.80. The highest BCUT2D eigenvalue weighted by Crippen LogP contribution is 2.75. The van der Waals surface area contributed by atoms with Gasteiger partial charge < -0.3 is 10.8 Å². The summed E-state index contributed by atoms with van der Waals surface area (Å²) in [7, 11) is 0. The lowest BCUT2D eigenvalue weighted by molar-refractivity contribution is -0.195. The number of rotatable bonds is 2. The van der Waals surface area contributed by atoms with Crippen LogP contribution in [-0.4, -0.2) is 23.4 Å². The molecule has 1 amide bonds. The van der Waals surface area contributed by atoms with Gasteiger partial charge >= 0.3 is 0 Å². The molecule has 0 radical (unpaired) electrons. The fraction of sp³-hybridized carbons (Fsp3) is 0.871. The van der Waals surface area contributed by atoms with Crippen molar-refractivity contribution in [2.45, 2.75) is 106 Å². The topological polar surface area (TPSA) is 80.4 Å². The van der Waals surface area contributed by atoms with Gasteiger partial charge in [0.05, 0.1) is 0 Å². The van der Waals surface area contributed by atoms with Crippen molar-refractivity contribution in [1.29, 1.82) is 0 Å². The minimum Gasteiger partial charge on any atom is -0.396 e. The van der Waals surface area contributed by atoms with Crippen LogP contribution in [-0.2, 0) is 9.59 Å². The summed E-state index contributed by atoms with van der Waals surface area (Å²) in [6.45, 7) is 16.7. The Bertz CT molecular complexity index is 984. The predicted molar refractivity (Wildman–Crippen MR) is 139 cm³/mol. The number of nitrogens with two attached hydrogens (primary N) is 1. The van der Waals surface area contributed by atoms with Crippen LogP contribution < -0.4 is 5.73 Å². The third kappa shape index (κ3) is 3.07. The fourth-order valence-corrected chi connectivity index (χ4v) is 10.8. The molecule has 196 valence electrons. The Hall–Kier alpha value is -1.16. The SMILES string of the molecule is CC1(C)[C@@H](CO)CC[C@]2(C)[C@H]3C(=O)C=C4[C@@H]5C[C@@](C)(C(N)=O)CC[C@]5(C)CC[C@@]4(C)[C@]3(C)CC[C@@H]12. The standard InChI is InChI=1S/C31H49NO3/c1-26(2)19(18-33)8-10-29(5)23(26)9-11-31(7)24(29)22(34)16-20-21-17-28(4,25(32)35)13-12-27(21,3)14-15-30(20,31)6/h16,19,21,23-24,33H,8-15,17-18H2,1-7H3,(H2,32,35)/t19-,21+,23+,24-,27-,28+,29+,30-,31-/m1/s1. The molecule has 0 spiro atoms. The van der Waals surface area contributed by atoms with E-state index in [2.05, 4.69) is 47.6 Å². The number of carbonyl (C=O) groups excluding carboxylic acids is 2. The molecule has 4 nitrogen and oxygen atoms in total. The summed E-state index contributed by atoms with van der Waals surface area (Å²) in [4.78, 5) is 26.8. The molecule has 0 aromatic carbocycles. The molecular formula is C31H49NO3. The van der Waals surface area contributed by atoms with Gasteiger partial charge in [-0.25, -0.2) is 0 Å². The van der Waals surface area contributed by atoms with Crippen molar-refractivity contribution in [3.63, 3.8) is 0 Å². The predicted octanol–water partition coefficient (Wildman–Crippen LogP) is 6.06. The Balaban J connectivity index is 1.61. The van der Waals surface area contributed by atoms with E-state index in [1.54, 1.807) is 0 Å². The van der Waals surface area contributed by atoms with Crippen LogP contribution in [0.3, 0.4) is 0 Å². The molecule has 0 aromatic rings. The van der Waals surface area contributed by atoms with Crippen LogP contribution in [0.25, 0.3) is 0 Å². The van der Waals surface area contributed by atoms with Crippen molar-refractivity contribution < 1.29 is 14.7 Å². The van der Waals surface area contributed by atoms with Gasteiger partial charge in [0, 0.05) is 17.9 Å². The third-order valence-corrected chi connectivity index (χ3v) is 13.6. The molecule has 0 aromatic heterocycles. The van der Waals surface area contributed by atoms with Crippen LogP contribution in [0.4, 0.5) is 0 Å². The molecular weight excluding hydrogens is 434 g/mol. The van der Waals surface area contributed by atoms with E-state index in [1.165, 1.54) is 5.57 Å². The number of hydrogen-bond donors (Lipinski definition) is 2. The number of amides is 1. The summed E-state index contributed by atoms with van der Waals surface area (Å²) < 4.78 is 0. The molecule has 0 unspecified atom stereocenters. The van der Waals surface area contributed by atoms with Crippen molar-refractivity contribution in [2.24, 2.45) is 61.9 Å². The first-order valence-corrected chi connectivity index (χ1v) is 14.3. The van der Waals surface area contributed by atoms with Gasteiger partial charge in [-0.1, -0.05) is 54.0 Å². The summed E-state index contributed by atoms with van der Waals surface area (Å²) in [6.07, 6.45) is 11.2. The van der Waals surface area contributed by atoms with Crippen LogP contribution in [0.5, 0.6) is 0 Å². The third-order valence-electron chi connectivity index (χ3n) is 13.6. The normalized spacial score (nSPS) is 52.9. The second-order valence-corrected chi connectivity index (χ2v) is 15.4. The van der Waals surface area contributed by atoms with Crippen LogP contribution in [0.2, 0.25) is 0 Å². The van der Waals surface area contributed by atoms with Gasteiger partial charge in [0.15, 0.2) is 5.78 Å². The minimum atomic E-state index is -0.486. The molecule has 5 aliphatic carbocycles. The Labute approximate surface area is 212 Å². The number of primary amides is 1. The molecule has 35 heavy (non-hydrogen) atoms. The molecule has 3 N–H and O–H groups in total. The lowest BCUT2D eigenvalue weighted by atomic mass is 9.33. The second-order valence-electron chi connectivity index (χ2n) is 15.4. The smallest absolute Gasteiger partial charge is 0.223 e. The van der Waals surface area contributed by atoms with Gasteiger partial charge in [-0.15, -0.1) is 0 Å². The zero-order valence-electron chi connectivity index (χ0n) is 23.3. The number of allylic oxidation sites excluding steroid dienone is 2. The van der Waals surface area contributed by atoms with Crippen molar-refractivity contribution in [3.05, 3.63) is 11.6 Å². The maximum atomic E-state index is 14.3. The molecule has 0 aliphatic heterocycles. The first kappa shape index (κ1) is 25.5. The van der Waals surface area contributed by atoms with Crippen molar-refractivity contribution >= 4 is 11.7 Å². The maximum absolute atomic E-state index is 14.3. The van der Waals surface area contributed by atoms with Crippen LogP contribution in [0, 0.1) is 56.2 Å².